The molecule has 3 nitrogen and oxygen atoms in total. The zero-order valence-electron chi connectivity index (χ0n) is 9.31. The third kappa shape index (κ3) is 2.71. The van der Waals surface area contributed by atoms with E-state index >= 15 is 0 Å². The first-order valence-electron chi connectivity index (χ1n) is 4.97. The average Bonchev–Trinajstić information content (AvgIpc) is 2.27. The van der Waals surface area contributed by atoms with Crippen LogP contribution in [0.25, 0.3) is 0 Å². The van der Waals surface area contributed by atoms with Gasteiger partial charge < -0.3 is 10.0 Å². The summed E-state index contributed by atoms with van der Waals surface area (Å²) in [4.78, 5) is 1.96. The Hall–Kier alpha value is -1.53. The largest absolute Gasteiger partial charge is 0.391 e. The second kappa shape index (κ2) is 4.81. The molecule has 0 bridgehead atoms. The molecule has 0 heterocycles. The van der Waals surface area contributed by atoms with Gasteiger partial charge in [-0.2, -0.15) is 5.26 Å². The van der Waals surface area contributed by atoms with Crippen LogP contribution in [-0.4, -0.2) is 24.3 Å². The van der Waals surface area contributed by atoms with Crippen LogP contribution in [-0.2, 0) is 0 Å². The fourth-order valence-corrected chi connectivity index (χ4v) is 1.35. The van der Waals surface area contributed by atoms with Crippen LogP contribution >= 0.6 is 0 Å². The lowest BCUT2D eigenvalue weighted by Crippen LogP contribution is -2.37. The Morgan fingerprint density at radius 3 is 2.60 bits per heavy atom. The van der Waals surface area contributed by atoms with E-state index in [0.717, 1.165) is 5.69 Å². The van der Waals surface area contributed by atoms with Gasteiger partial charge in [0.2, 0.25) is 0 Å². The molecule has 0 aliphatic carbocycles. The molecule has 0 fully saturated rings. The zero-order chi connectivity index (χ0) is 11.4. The number of nitriles is 1. The van der Waals surface area contributed by atoms with Gasteiger partial charge in [-0.05, 0) is 32.0 Å². The summed E-state index contributed by atoms with van der Waals surface area (Å²) in [6, 6.07) is 9.49. The molecule has 0 saturated heterocycles. The summed E-state index contributed by atoms with van der Waals surface area (Å²) in [5, 5.41) is 18.2. The van der Waals surface area contributed by atoms with Crippen molar-refractivity contribution in [3.63, 3.8) is 0 Å². The maximum atomic E-state index is 9.47. The number of rotatable bonds is 3. The van der Waals surface area contributed by atoms with Crippen molar-refractivity contribution >= 4 is 5.69 Å². The Kier molecular flexibility index (Phi) is 3.70. The molecule has 15 heavy (non-hydrogen) atoms. The van der Waals surface area contributed by atoms with Crippen molar-refractivity contribution in [2.75, 3.05) is 11.9 Å². The van der Waals surface area contributed by atoms with Crippen molar-refractivity contribution in [2.45, 2.75) is 26.0 Å². The third-order valence-corrected chi connectivity index (χ3v) is 2.69. The Morgan fingerprint density at radius 1 is 1.40 bits per heavy atom. The molecule has 0 radical (unpaired) electrons. The molecule has 1 rings (SSSR count). The molecule has 0 saturated carbocycles. The van der Waals surface area contributed by atoms with Gasteiger partial charge in [0.25, 0.3) is 0 Å². The van der Waals surface area contributed by atoms with Crippen molar-refractivity contribution in [1.82, 2.24) is 0 Å². The SMILES string of the molecule is CC(O)C(C)N(C)c1cccc(C#N)c1. The molecule has 1 aromatic rings. The van der Waals surface area contributed by atoms with Crippen molar-refractivity contribution in [3.05, 3.63) is 29.8 Å². The summed E-state index contributed by atoms with van der Waals surface area (Å²) >= 11 is 0. The Morgan fingerprint density at radius 2 is 2.07 bits per heavy atom. The monoisotopic (exact) mass is 204 g/mol. The van der Waals surface area contributed by atoms with Crippen LogP contribution in [0.15, 0.2) is 24.3 Å². The molecule has 0 aliphatic rings. The number of hydrogen-bond acceptors (Lipinski definition) is 3. The average molecular weight is 204 g/mol. The standard InChI is InChI=1S/C12H16N2O/c1-9(10(2)15)14(3)12-6-4-5-11(7-12)8-13/h4-7,9-10,15H,1-3H3. The molecule has 2 atom stereocenters. The van der Waals surface area contributed by atoms with Gasteiger partial charge in [0, 0.05) is 12.7 Å². The van der Waals surface area contributed by atoms with Gasteiger partial charge in [-0.15, -0.1) is 0 Å². The van der Waals surface area contributed by atoms with E-state index in [2.05, 4.69) is 6.07 Å². The van der Waals surface area contributed by atoms with E-state index in [0.29, 0.717) is 5.56 Å². The quantitative estimate of drug-likeness (QED) is 0.816. The first kappa shape index (κ1) is 11.5. The smallest absolute Gasteiger partial charge is 0.0992 e. The molecule has 0 aliphatic heterocycles. The van der Waals surface area contributed by atoms with Crippen molar-refractivity contribution < 1.29 is 5.11 Å². The van der Waals surface area contributed by atoms with Crippen LogP contribution in [0.5, 0.6) is 0 Å². The second-order valence-corrected chi connectivity index (χ2v) is 3.75. The molecule has 2 unspecified atom stereocenters. The highest BCUT2D eigenvalue weighted by Gasteiger charge is 2.14. The van der Waals surface area contributed by atoms with E-state index in [1.807, 2.05) is 37.1 Å². The highest BCUT2D eigenvalue weighted by molar-refractivity contribution is 5.51. The summed E-state index contributed by atoms with van der Waals surface area (Å²) in [6.45, 7) is 3.71. The lowest BCUT2D eigenvalue weighted by atomic mass is 10.1. The van der Waals surface area contributed by atoms with Gasteiger partial charge >= 0.3 is 0 Å². The lowest BCUT2D eigenvalue weighted by Gasteiger charge is -2.29. The van der Waals surface area contributed by atoms with Crippen molar-refractivity contribution in [3.8, 4) is 6.07 Å². The predicted octanol–water partition coefficient (Wildman–Crippen LogP) is 1.76. The van der Waals surface area contributed by atoms with E-state index < -0.39 is 6.10 Å². The number of hydrogen-bond donors (Lipinski definition) is 1. The Balaban J connectivity index is 2.91. The molecule has 3 heteroatoms. The lowest BCUT2D eigenvalue weighted by molar-refractivity contribution is 0.168. The topological polar surface area (TPSA) is 47.3 Å². The third-order valence-electron chi connectivity index (χ3n) is 2.69. The number of nitrogens with zero attached hydrogens (tertiary/aromatic N) is 2. The fourth-order valence-electron chi connectivity index (χ4n) is 1.35. The maximum absolute atomic E-state index is 9.47. The predicted molar refractivity (Wildman–Crippen MR) is 60.7 cm³/mol. The summed E-state index contributed by atoms with van der Waals surface area (Å²) in [5.41, 5.74) is 1.58. The van der Waals surface area contributed by atoms with E-state index in [4.69, 9.17) is 5.26 Å². The van der Waals surface area contributed by atoms with Gasteiger partial charge in [0.1, 0.15) is 0 Å². The minimum absolute atomic E-state index is 0.0268. The number of aliphatic hydroxyl groups excluding tert-OH is 1. The molecular formula is C12H16N2O. The molecular weight excluding hydrogens is 188 g/mol. The zero-order valence-corrected chi connectivity index (χ0v) is 9.31. The van der Waals surface area contributed by atoms with Crippen molar-refractivity contribution in [2.24, 2.45) is 0 Å². The number of likely N-dealkylation sites (N-methyl/N-ethyl adjacent to an activating group) is 1. The number of benzene rings is 1. The maximum Gasteiger partial charge on any atom is 0.0992 e. The van der Waals surface area contributed by atoms with E-state index in [1.54, 1.807) is 13.0 Å². The summed E-state index contributed by atoms with van der Waals surface area (Å²) in [5.74, 6) is 0. The van der Waals surface area contributed by atoms with Gasteiger partial charge in [-0.1, -0.05) is 6.07 Å². The molecule has 0 spiro atoms. The molecule has 1 aromatic carbocycles. The van der Waals surface area contributed by atoms with Crippen LogP contribution in [0.2, 0.25) is 0 Å². The number of aliphatic hydroxyl groups is 1. The van der Waals surface area contributed by atoms with Gasteiger partial charge in [-0.25, -0.2) is 0 Å². The van der Waals surface area contributed by atoms with Crippen molar-refractivity contribution in [1.29, 1.82) is 5.26 Å². The fraction of sp³-hybridized carbons (Fsp3) is 0.417. The second-order valence-electron chi connectivity index (χ2n) is 3.75. The van der Waals surface area contributed by atoms with Crippen LogP contribution in [0.1, 0.15) is 19.4 Å². The highest BCUT2D eigenvalue weighted by Crippen LogP contribution is 2.17. The van der Waals surface area contributed by atoms with E-state index in [9.17, 15) is 5.11 Å². The van der Waals surface area contributed by atoms with Crippen LogP contribution in [0, 0.1) is 11.3 Å². The van der Waals surface area contributed by atoms with Crippen LogP contribution < -0.4 is 4.90 Å². The van der Waals surface area contributed by atoms with E-state index in [1.165, 1.54) is 0 Å². The molecule has 0 aromatic heterocycles. The van der Waals surface area contributed by atoms with Gasteiger partial charge in [-0.3, -0.25) is 0 Å². The summed E-state index contributed by atoms with van der Waals surface area (Å²) in [7, 11) is 1.91. The minimum atomic E-state index is -0.402. The van der Waals surface area contributed by atoms with Crippen LogP contribution in [0.3, 0.4) is 0 Å². The van der Waals surface area contributed by atoms with Gasteiger partial charge in [0.15, 0.2) is 0 Å². The summed E-state index contributed by atoms with van der Waals surface area (Å²) in [6.07, 6.45) is -0.402. The Bertz CT molecular complexity index is 368. The Labute approximate surface area is 90.6 Å². The number of anilines is 1. The summed E-state index contributed by atoms with van der Waals surface area (Å²) < 4.78 is 0. The first-order chi connectivity index (χ1) is 7.06. The van der Waals surface area contributed by atoms with Gasteiger partial charge in [0.05, 0.1) is 23.8 Å². The molecule has 0 amide bonds. The van der Waals surface area contributed by atoms with E-state index in [-0.39, 0.29) is 6.04 Å². The normalized spacial score (nSPS) is 14.1. The minimum Gasteiger partial charge on any atom is -0.391 e. The molecule has 80 valence electrons. The first-order valence-corrected chi connectivity index (χ1v) is 4.97. The van der Waals surface area contributed by atoms with Crippen LogP contribution in [0.4, 0.5) is 5.69 Å². The molecule has 1 N–H and O–H groups in total. The highest BCUT2D eigenvalue weighted by atomic mass is 16.3.